The minimum Gasteiger partial charge on any atom is -0.354 e. The molecule has 3 aromatic rings. The molecule has 9 heteroatoms. The molecule has 25 heavy (non-hydrogen) atoms. The van der Waals surface area contributed by atoms with E-state index in [4.69, 9.17) is 0 Å². The van der Waals surface area contributed by atoms with Crippen LogP contribution >= 0.6 is 0 Å². The SMILES string of the molecule is O=C(NCc1ccncc1)[C@H]1CCCN(c2ccc3nnnn3n2)C1. The van der Waals surface area contributed by atoms with Gasteiger partial charge >= 0.3 is 0 Å². The number of hydrogen-bond acceptors (Lipinski definition) is 7. The molecule has 0 saturated carbocycles. The van der Waals surface area contributed by atoms with Gasteiger partial charge in [-0.25, -0.2) is 0 Å². The highest BCUT2D eigenvalue weighted by atomic mass is 16.1. The highest BCUT2D eigenvalue weighted by Crippen LogP contribution is 2.21. The number of tetrazole rings is 1. The first-order valence-corrected chi connectivity index (χ1v) is 8.26. The van der Waals surface area contributed by atoms with Crippen molar-refractivity contribution in [1.29, 1.82) is 0 Å². The number of hydrogen-bond donors (Lipinski definition) is 1. The van der Waals surface area contributed by atoms with Crippen molar-refractivity contribution in [2.45, 2.75) is 19.4 Å². The fourth-order valence-corrected chi connectivity index (χ4v) is 3.04. The summed E-state index contributed by atoms with van der Waals surface area (Å²) in [5, 5.41) is 18.7. The third-order valence-corrected chi connectivity index (χ3v) is 4.39. The molecule has 128 valence electrons. The van der Waals surface area contributed by atoms with E-state index in [0.717, 1.165) is 30.8 Å². The molecule has 0 bridgehead atoms. The fourth-order valence-electron chi connectivity index (χ4n) is 3.04. The van der Waals surface area contributed by atoms with Gasteiger partial charge in [0.05, 0.1) is 5.92 Å². The Labute approximate surface area is 144 Å². The van der Waals surface area contributed by atoms with Crippen molar-refractivity contribution in [3.63, 3.8) is 0 Å². The molecule has 4 heterocycles. The largest absolute Gasteiger partial charge is 0.354 e. The molecule has 0 spiro atoms. The number of nitrogens with zero attached hydrogens (tertiary/aromatic N) is 7. The Morgan fingerprint density at radius 3 is 3.00 bits per heavy atom. The van der Waals surface area contributed by atoms with Crippen LogP contribution in [0.25, 0.3) is 5.65 Å². The smallest absolute Gasteiger partial charge is 0.225 e. The van der Waals surface area contributed by atoms with Crippen LogP contribution in [-0.2, 0) is 11.3 Å². The quantitative estimate of drug-likeness (QED) is 0.737. The van der Waals surface area contributed by atoms with E-state index >= 15 is 0 Å². The summed E-state index contributed by atoms with van der Waals surface area (Å²) in [6.07, 6.45) is 5.28. The minimum atomic E-state index is -0.0537. The first kappa shape index (κ1) is 15.4. The van der Waals surface area contributed by atoms with Gasteiger partial charge in [0, 0.05) is 32.0 Å². The second-order valence-corrected chi connectivity index (χ2v) is 6.08. The van der Waals surface area contributed by atoms with Crippen LogP contribution in [0.15, 0.2) is 36.7 Å². The summed E-state index contributed by atoms with van der Waals surface area (Å²) in [7, 11) is 0. The molecule has 1 aliphatic heterocycles. The number of amides is 1. The van der Waals surface area contributed by atoms with Gasteiger partial charge in [0.1, 0.15) is 0 Å². The molecule has 0 aromatic carbocycles. The van der Waals surface area contributed by atoms with Gasteiger partial charge in [-0.05, 0) is 53.1 Å². The molecule has 1 aliphatic rings. The lowest BCUT2D eigenvalue weighted by molar-refractivity contribution is -0.125. The molecule has 1 atom stereocenters. The molecule has 1 saturated heterocycles. The Balaban J connectivity index is 1.40. The number of nitrogens with one attached hydrogen (secondary N) is 1. The number of carbonyl (C=O) groups excluding carboxylic acids is 1. The number of rotatable bonds is 4. The molecule has 3 aromatic heterocycles. The first-order chi connectivity index (χ1) is 12.3. The Kier molecular flexibility index (Phi) is 4.19. The summed E-state index contributed by atoms with van der Waals surface area (Å²) in [6.45, 7) is 2.03. The standard InChI is InChI=1S/C16H18N8O/c25-16(18-10-12-5-7-17-8-6-12)13-2-1-9-23(11-13)15-4-3-14-19-21-22-24(14)20-15/h3-8,13H,1-2,9-11H2,(H,18,25)/t13-/m0/s1. The number of anilines is 1. The van der Waals surface area contributed by atoms with Gasteiger partial charge < -0.3 is 10.2 Å². The van der Waals surface area contributed by atoms with Crippen molar-refractivity contribution < 1.29 is 4.79 Å². The predicted octanol–water partition coefficient (Wildman–Crippen LogP) is 0.447. The van der Waals surface area contributed by atoms with E-state index in [9.17, 15) is 4.79 Å². The Bertz CT molecular complexity index is 865. The minimum absolute atomic E-state index is 0.0537. The molecule has 0 unspecified atom stereocenters. The number of fused-ring (bicyclic) bond motifs is 1. The van der Waals surface area contributed by atoms with Gasteiger partial charge in [0.2, 0.25) is 5.91 Å². The van der Waals surface area contributed by atoms with E-state index in [1.54, 1.807) is 12.4 Å². The van der Waals surface area contributed by atoms with E-state index < -0.39 is 0 Å². The number of carbonyl (C=O) groups is 1. The number of aromatic nitrogens is 6. The molecular weight excluding hydrogens is 320 g/mol. The second kappa shape index (κ2) is 6.80. The van der Waals surface area contributed by atoms with Crippen LogP contribution in [0.1, 0.15) is 18.4 Å². The zero-order valence-electron chi connectivity index (χ0n) is 13.6. The summed E-state index contributed by atoms with van der Waals surface area (Å²) in [5.41, 5.74) is 1.65. The van der Waals surface area contributed by atoms with Gasteiger partial charge in [-0.2, -0.15) is 0 Å². The summed E-state index contributed by atoms with van der Waals surface area (Å²) in [4.78, 5) is 18.6. The second-order valence-electron chi connectivity index (χ2n) is 6.08. The first-order valence-electron chi connectivity index (χ1n) is 8.26. The lowest BCUT2D eigenvalue weighted by Crippen LogP contribution is -2.43. The zero-order chi connectivity index (χ0) is 17.1. The van der Waals surface area contributed by atoms with Gasteiger partial charge in [0.25, 0.3) is 0 Å². The fraction of sp³-hybridized carbons (Fsp3) is 0.375. The number of pyridine rings is 1. The molecule has 1 N–H and O–H groups in total. The number of piperidine rings is 1. The average Bonchev–Trinajstić information content (AvgIpc) is 3.15. The monoisotopic (exact) mass is 338 g/mol. The maximum absolute atomic E-state index is 12.5. The van der Waals surface area contributed by atoms with Crippen LogP contribution in [0.5, 0.6) is 0 Å². The van der Waals surface area contributed by atoms with Crippen LogP contribution in [0.3, 0.4) is 0 Å². The normalized spacial score (nSPS) is 17.6. The molecule has 9 nitrogen and oxygen atoms in total. The predicted molar refractivity (Wildman–Crippen MR) is 89.6 cm³/mol. The lowest BCUT2D eigenvalue weighted by Gasteiger charge is -2.32. The Hall–Kier alpha value is -3.10. The molecule has 1 amide bonds. The Morgan fingerprint density at radius 1 is 1.24 bits per heavy atom. The molecule has 1 fully saturated rings. The van der Waals surface area contributed by atoms with E-state index in [0.29, 0.717) is 18.7 Å². The molecule has 0 aliphatic carbocycles. The highest BCUT2D eigenvalue weighted by molar-refractivity contribution is 5.79. The molecule has 4 rings (SSSR count). The van der Waals surface area contributed by atoms with Crippen molar-refractivity contribution in [2.24, 2.45) is 5.92 Å². The van der Waals surface area contributed by atoms with Crippen molar-refractivity contribution in [3.8, 4) is 0 Å². The summed E-state index contributed by atoms with van der Waals surface area (Å²) >= 11 is 0. The lowest BCUT2D eigenvalue weighted by atomic mass is 9.97. The molecule has 0 radical (unpaired) electrons. The van der Waals surface area contributed by atoms with Crippen LogP contribution in [-0.4, -0.2) is 49.2 Å². The van der Waals surface area contributed by atoms with Crippen LogP contribution in [0.4, 0.5) is 5.82 Å². The van der Waals surface area contributed by atoms with Crippen LogP contribution < -0.4 is 10.2 Å². The summed E-state index contributed by atoms with van der Waals surface area (Å²) in [5.74, 6) is 0.804. The average molecular weight is 338 g/mol. The topological polar surface area (TPSA) is 101 Å². The van der Waals surface area contributed by atoms with E-state index in [-0.39, 0.29) is 11.8 Å². The van der Waals surface area contributed by atoms with Crippen LogP contribution in [0.2, 0.25) is 0 Å². The van der Waals surface area contributed by atoms with Crippen LogP contribution in [0, 0.1) is 5.92 Å². The third kappa shape index (κ3) is 3.39. The Morgan fingerprint density at radius 2 is 2.12 bits per heavy atom. The zero-order valence-corrected chi connectivity index (χ0v) is 13.6. The van der Waals surface area contributed by atoms with Crippen molar-refractivity contribution >= 4 is 17.4 Å². The van der Waals surface area contributed by atoms with Crippen molar-refractivity contribution in [2.75, 3.05) is 18.0 Å². The highest BCUT2D eigenvalue weighted by Gasteiger charge is 2.26. The maximum Gasteiger partial charge on any atom is 0.225 e. The maximum atomic E-state index is 12.5. The van der Waals surface area contributed by atoms with Gasteiger partial charge in [-0.1, -0.05) is 0 Å². The van der Waals surface area contributed by atoms with E-state index in [2.05, 4.69) is 35.8 Å². The third-order valence-electron chi connectivity index (χ3n) is 4.39. The van der Waals surface area contributed by atoms with Gasteiger partial charge in [-0.15, -0.1) is 14.8 Å². The van der Waals surface area contributed by atoms with Gasteiger partial charge in [0.15, 0.2) is 11.5 Å². The summed E-state index contributed by atoms with van der Waals surface area (Å²) < 4.78 is 1.41. The van der Waals surface area contributed by atoms with Gasteiger partial charge in [-0.3, -0.25) is 9.78 Å². The van der Waals surface area contributed by atoms with E-state index in [1.807, 2.05) is 24.3 Å². The summed E-state index contributed by atoms with van der Waals surface area (Å²) in [6, 6.07) is 7.52. The molecular formula is C16H18N8O. The van der Waals surface area contributed by atoms with Crippen molar-refractivity contribution in [1.82, 2.24) is 35.6 Å². The van der Waals surface area contributed by atoms with E-state index in [1.165, 1.54) is 4.63 Å². The van der Waals surface area contributed by atoms with Crippen molar-refractivity contribution in [3.05, 3.63) is 42.2 Å².